The van der Waals surface area contributed by atoms with Crippen molar-refractivity contribution in [3.63, 3.8) is 0 Å². The summed E-state index contributed by atoms with van der Waals surface area (Å²) in [6.07, 6.45) is 4.85. The fraction of sp³-hybridized carbons (Fsp3) is 0.158. The van der Waals surface area contributed by atoms with Crippen molar-refractivity contribution in [3.8, 4) is 0 Å². The van der Waals surface area contributed by atoms with Gasteiger partial charge in [0.1, 0.15) is 0 Å². The third kappa shape index (κ3) is 2.88. The lowest BCUT2D eigenvalue weighted by molar-refractivity contribution is 0.589. The van der Waals surface area contributed by atoms with Crippen LogP contribution < -0.4 is 5.32 Å². The Morgan fingerprint density at radius 1 is 1.04 bits per heavy atom. The molecule has 0 aliphatic carbocycles. The van der Waals surface area contributed by atoms with Crippen molar-refractivity contribution in [3.05, 3.63) is 71.4 Å². The molecule has 2 aromatic carbocycles. The zero-order valence-electron chi connectivity index (χ0n) is 13.4. The molecular weight excluding hydrogens is 356 g/mol. The molecule has 6 heteroatoms. The Balaban J connectivity index is 1.93. The molecule has 128 valence electrons. The number of halogens is 1. The van der Waals surface area contributed by atoms with E-state index in [4.69, 9.17) is 11.6 Å². The summed E-state index contributed by atoms with van der Waals surface area (Å²) in [6, 6.07) is 13.8. The number of para-hydroxylation sites is 1. The van der Waals surface area contributed by atoms with Gasteiger partial charge < -0.3 is 5.32 Å². The Labute approximate surface area is 151 Å². The van der Waals surface area contributed by atoms with Gasteiger partial charge in [-0.3, -0.25) is 0 Å². The third-order valence-corrected chi connectivity index (χ3v) is 6.36. The van der Waals surface area contributed by atoms with Crippen molar-refractivity contribution in [2.24, 2.45) is 0 Å². The van der Waals surface area contributed by atoms with E-state index < -0.39 is 10.0 Å². The summed E-state index contributed by atoms with van der Waals surface area (Å²) < 4.78 is 27.7. The second-order valence-electron chi connectivity index (χ2n) is 6.01. The topological polar surface area (TPSA) is 51.1 Å². The Morgan fingerprint density at radius 3 is 2.52 bits per heavy atom. The van der Waals surface area contributed by atoms with Crippen LogP contribution in [0.25, 0.3) is 16.5 Å². The maximum absolute atomic E-state index is 13.1. The molecule has 1 aliphatic rings. The molecule has 0 saturated heterocycles. The van der Waals surface area contributed by atoms with Crippen molar-refractivity contribution < 1.29 is 8.42 Å². The predicted octanol–water partition coefficient (Wildman–Crippen LogP) is 3.91. The summed E-state index contributed by atoms with van der Waals surface area (Å²) in [5, 5.41) is 4.79. The number of nitrogens with one attached hydrogen (secondary N) is 1. The van der Waals surface area contributed by atoms with Crippen LogP contribution >= 0.6 is 11.6 Å². The van der Waals surface area contributed by atoms with E-state index in [0.717, 1.165) is 36.0 Å². The molecule has 0 saturated carbocycles. The molecule has 1 aromatic heterocycles. The van der Waals surface area contributed by atoms with Crippen LogP contribution in [0.5, 0.6) is 0 Å². The molecule has 0 spiro atoms. The highest BCUT2D eigenvalue weighted by Crippen LogP contribution is 2.31. The highest BCUT2D eigenvalue weighted by atomic mass is 35.5. The zero-order chi connectivity index (χ0) is 17.4. The lowest BCUT2D eigenvalue weighted by atomic mass is 10.0. The first kappa shape index (κ1) is 16.4. The Hall–Kier alpha value is -2.08. The van der Waals surface area contributed by atoms with E-state index in [9.17, 15) is 8.42 Å². The lowest BCUT2D eigenvalue weighted by Crippen LogP contribution is -2.21. The lowest BCUT2D eigenvalue weighted by Gasteiger charge is -2.13. The number of rotatable bonds is 3. The van der Waals surface area contributed by atoms with Gasteiger partial charge in [0.05, 0.1) is 10.4 Å². The van der Waals surface area contributed by atoms with E-state index in [0.29, 0.717) is 10.5 Å². The van der Waals surface area contributed by atoms with Gasteiger partial charge in [0.2, 0.25) is 0 Å². The first-order chi connectivity index (χ1) is 12.1. The van der Waals surface area contributed by atoms with E-state index in [1.807, 2.05) is 24.3 Å². The van der Waals surface area contributed by atoms with E-state index >= 15 is 0 Å². The maximum Gasteiger partial charge on any atom is 0.268 e. The van der Waals surface area contributed by atoms with Gasteiger partial charge >= 0.3 is 0 Å². The van der Waals surface area contributed by atoms with E-state index in [-0.39, 0.29) is 4.90 Å². The molecular formula is C19H17ClN2O2S. The molecule has 4 nitrogen and oxygen atoms in total. The third-order valence-electron chi connectivity index (χ3n) is 4.42. The van der Waals surface area contributed by atoms with Gasteiger partial charge in [-0.1, -0.05) is 35.9 Å². The van der Waals surface area contributed by atoms with Crippen molar-refractivity contribution >= 4 is 38.1 Å². The number of aromatic nitrogens is 1. The minimum absolute atomic E-state index is 0.222. The van der Waals surface area contributed by atoms with Crippen LogP contribution in [0.15, 0.2) is 65.7 Å². The average molecular weight is 373 g/mol. The summed E-state index contributed by atoms with van der Waals surface area (Å²) in [5.41, 5.74) is 2.77. The van der Waals surface area contributed by atoms with E-state index in [1.54, 1.807) is 18.3 Å². The first-order valence-electron chi connectivity index (χ1n) is 8.09. The molecule has 0 bridgehead atoms. The highest BCUT2D eigenvalue weighted by Gasteiger charge is 2.22. The van der Waals surface area contributed by atoms with Crippen molar-refractivity contribution in [1.82, 2.24) is 9.29 Å². The zero-order valence-corrected chi connectivity index (χ0v) is 15.0. The molecule has 0 unspecified atom stereocenters. The molecule has 3 aromatic rings. The minimum atomic E-state index is -3.69. The van der Waals surface area contributed by atoms with Gasteiger partial charge in [0.25, 0.3) is 10.0 Å². The fourth-order valence-corrected chi connectivity index (χ4v) is 4.67. The van der Waals surface area contributed by atoms with E-state index in [2.05, 4.69) is 11.4 Å². The average Bonchev–Trinajstić information content (AvgIpc) is 3.03. The van der Waals surface area contributed by atoms with Crippen molar-refractivity contribution in [1.29, 1.82) is 0 Å². The monoisotopic (exact) mass is 372 g/mol. The second-order valence-corrected chi connectivity index (χ2v) is 8.26. The summed E-state index contributed by atoms with van der Waals surface area (Å²) >= 11 is 5.89. The van der Waals surface area contributed by atoms with Crippen LogP contribution in [0.1, 0.15) is 12.0 Å². The normalized spacial score (nSPS) is 15.3. The molecule has 0 radical (unpaired) electrons. The molecule has 0 amide bonds. The van der Waals surface area contributed by atoms with Crippen molar-refractivity contribution in [2.45, 2.75) is 11.3 Å². The fourth-order valence-electron chi connectivity index (χ4n) is 3.17. The van der Waals surface area contributed by atoms with Crippen molar-refractivity contribution in [2.75, 3.05) is 13.1 Å². The number of hydrogen-bond donors (Lipinski definition) is 1. The smallest absolute Gasteiger partial charge is 0.268 e. The van der Waals surface area contributed by atoms with Crippen LogP contribution in [-0.2, 0) is 10.0 Å². The van der Waals surface area contributed by atoms with Gasteiger partial charge in [0.15, 0.2) is 0 Å². The SMILES string of the molecule is O=S(=O)(c1ccc(Cl)cc1)n1cc(C2=CCCNC2)c2ccccc21. The van der Waals surface area contributed by atoms with Gasteiger partial charge in [-0.2, -0.15) is 0 Å². The minimum Gasteiger partial charge on any atom is -0.312 e. The molecule has 0 atom stereocenters. The number of fused-ring (bicyclic) bond motifs is 1. The molecule has 1 aliphatic heterocycles. The number of nitrogens with zero attached hydrogens (tertiary/aromatic N) is 1. The Morgan fingerprint density at radius 2 is 1.80 bits per heavy atom. The standard InChI is InChI=1S/C19H17ClN2O2S/c20-15-7-9-16(10-8-15)25(23,24)22-13-18(14-4-3-11-21-12-14)17-5-1-2-6-19(17)22/h1-2,4-10,13,21H,3,11-12H2. The number of hydrogen-bond acceptors (Lipinski definition) is 3. The Bertz CT molecular complexity index is 1070. The van der Waals surface area contributed by atoms with Crippen LogP contribution in [0, 0.1) is 0 Å². The molecule has 1 N–H and O–H groups in total. The summed E-state index contributed by atoms with van der Waals surface area (Å²) in [6.45, 7) is 1.69. The molecule has 25 heavy (non-hydrogen) atoms. The first-order valence-corrected chi connectivity index (χ1v) is 9.90. The van der Waals surface area contributed by atoms with E-state index in [1.165, 1.54) is 16.1 Å². The molecule has 0 fully saturated rings. The summed E-state index contributed by atoms with van der Waals surface area (Å²) in [7, 11) is -3.69. The number of benzene rings is 2. The summed E-state index contributed by atoms with van der Waals surface area (Å²) in [4.78, 5) is 0.222. The van der Waals surface area contributed by atoms with Gasteiger partial charge in [-0.05, 0) is 48.9 Å². The van der Waals surface area contributed by atoms with Gasteiger partial charge in [-0.25, -0.2) is 12.4 Å². The predicted molar refractivity (Wildman–Crippen MR) is 101 cm³/mol. The molecule has 2 heterocycles. The largest absolute Gasteiger partial charge is 0.312 e. The van der Waals surface area contributed by atoms with Crippen LogP contribution in [0.3, 0.4) is 0 Å². The summed E-state index contributed by atoms with van der Waals surface area (Å²) in [5.74, 6) is 0. The van der Waals surface area contributed by atoms with Crippen LogP contribution in [0.2, 0.25) is 5.02 Å². The second kappa shape index (κ2) is 6.33. The Kier molecular flexibility index (Phi) is 4.15. The quantitative estimate of drug-likeness (QED) is 0.758. The van der Waals surface area contributed by atoms with Gasteiger partial charge in [0, 0.05) is 28.7 Å². The van der Waals surface area contributed by atoms with Gasteiger partial charge in [-0.15, -0.1) is 0 Å². The maximum atomic E-state index is 13.1. The van der Waals surface area contributed by atoms with Crippen LogP contribution in [-0.4, -0.2) is 25.5 Å². The molecule has 4 rings (SSSR count). The highest BCUT2D eigenvalue weighted by molar-refractivity contribution is 7.90. The van der Waals surface area contributed by atoms with Crippen LogP contribution in [0.4, 0.5) is 0 Å².